The fourth-order valence-electron chi connectivity index (χ4n) is 2.51. The lowest BCUT2D eigenvalue weighted by molar-refractivity contribution is -0.644. The summed E-state index contributed by atoms with van der Waals surface area (Å²) in [6.07, 6.45) is 5.47. The maximum Gasteiger partial charge on any atom is 0.212 e. The van der Waals surface area contributed by atoms with Gasteiger partial charge >= 0.3 is 0 Å². The highest BCUT2D eigenvalue weighted by atomic mass is 127. The largest absolute Gasteiger partial charge is 1.00 e. The molecule has 0 saturated heterocycles. The van der Waals surface area contributed by atoms with E-state index >= 15 is 0 Å². The number of allylic oxidation sites excluding steroid dienone is 1. The number of pyridine rings is 1. The summed E-state index contributed by atoms with van der Waals surface area (Å²) in [6.45, 7) is 0. The Balaban J connectivity index is 0.00000208. The normalized spacial score (nSPS) is 10.6. The minimum atomic E-state index is -0.0219. The molecule has 0 N–H and O–H groups in total. The second-order valence-corrected chi connectivity index (χ2v) is 5.36. The van der Waals surface area contributed by atoms with Gasteiger partial charge in [0.05, 0.1) is 7.11 Å². The molecule has 0 amide bonds. The molecule has 0 aliphatic rings. The molecule has 1 aromatic heterocycles. The SMILES string of the molecule is COc1ccc(C(=O)/C=C/c2ccc3c(ccc[n+]3C)c2)cc1.[I-]. The molecule has 0 unspecified atom stereocenters. The second kappa shape index (κ2) is 8.06. The predicted octanol–water partition coefficient (Wildman–Crippen LogP) is 0.573. The highest BCUT2D eigenvalue weighted by molar-refractivity contribution is 6.07. The number of halogens is 1. The summed E-state index contributed by atoms with van der Waals surface area (Å²) >= 11 is 0. The highest BCUT2D eigenvalue weighted by Crippen LogP contribution is 2.15. The number of carbonyl (C=O) groups excluding carboxylic acids is 1. The maximum atomic E-state index is 12.2. The third kappa shape index (κ3) is 4.00. The number of benzene rings is 2. The van der Waals surface area contributed by atoms with Gasteiger partial charge in [0.15, 0.2) is 12.0 Å². The van der Waals surface area contributed by atoms with E-state index in [2.05, 4.69) is 22.8 Å². The molecule has 3 nitrogen and oxygen atoms in total. The van der Waals surface area contributed by atoms with E-state index in [1.54, 1.807) is 37.5 Å². The topological polar surface area (TPSA) is 30.2 Å². The number of hydrogen-bond donors (Lipinski definition) is 0. The van der Waals surface area contributed by atoms with Crippen molar-refractivity contribution < 1.29 is 38.1 Å². The van der Waals surface area contributed by atoms with Gasteiger partial charge in [-0.25, -0.2) is 4.57 Å². The number of aryl methyl sites for hydroxylation is 1. The van der Waals surface area contributed by atoms with Gasteiger partial charge in [0.1, 0.15) is 12.8 Å². The summed E-state index contributed by atoms with van der Waals surface area (Å²) in [5, 5.41) is 1.15. The summed E-state index contributed by atoms with van der Waals surface area (Å²) in [5.41, 5.74) is 2.81. The monoisotopic (exact) mass is 431 g/mol. The number of ketones is 1. The molecule has 1 heterocycles. The van der Waals surface area contributed by atoms with E-state index in [-0.39, 0.29) is 29.8 Å². The molecule has 0 spiro atoms. The molecule has 0 saturated carbocycles. The maximum absolute atomic E-state index is 12.2. The van der Waals surface area contributed by atoms with Crippen LogP contribution in [-0.2, 0) is 7.05 Å². The molecular weight excluding hydrogens is 413 g/mol. The molecule has 0 radical (unpaired) electrons. The first-order chi connectivity index (χ1) is 11.2. The van der Waals surface area contributed by atoms with Crippen molar-refractivity contribution >= 4 is 22.8 Å². The van der Waals surface area contributed by atoms with E-state index in [1.165, 1.54) is 0 Å². The van der Waals surface area contributed by atoms with E-state index in [9.17, 15) is 4.79 Å². The van der Waals surface area contributed by atoms with Gasteiger partial charge in [-0.3, -0.25) is 4.79 Å². The number of carbonyl (C=O) groups is 1. The smallest absolute Gasteiger partial charge is 0.212 e. The Hall–Kier alpha value is -2.21. The van der Waals surface area contributed by atoms with Crippen LogP contribution in [0.15, 0.2) is 66.9 Å². The van der Waals surface area contributed by atoms with Crippen LogP contribution >= 0.6 is 0 Å². The Kier molecular flexibility index (Phi) is 6.09. The molecule has 0 aliphatic heterocycles. The van der Waals surface area contributed by atoms with Gasteiger partial charge in [-0.1, -0.05) is 6.08 Å². The minimum absolute atomic E-state index is 0. The summed E-state index contributed by atoms with van der Waals surface area (Å²) in [7, 11) is 3.63. The molecule has 4 heteroatoms. The predicted molar refractivity (Wildman–Crippen MR) is 91.5 cm³/mol. The number of fused-ring (bicyclic) bond motifs is 1. The molecule has 3 aromatic rings. The number of nitrogens with zero attached hydrogens (tertiary/aromatic N) is 1. The van der Waals surface area contributed by atoms with Gasteiger partial charge in [-0.05, 0) is 54.1 Å². The second-order valence-electron chi connectivity index (χ2n) is 5.36. The van der Waals surface area contributed by atoms with Crippen LogP contribution in [0.25, 0.3) is 17.0 Å². The van der Waals surface area contributed by atoms with Crippen LogP contribution in [0.2, 0.25) is 0 Å². The summed E-state index contributed by atoms with van der Waals surface area (Å²) in [5.74, 6) is 0.722. The fourth-order valence-corrected chi connectivity index (χ4v) is 2.51. The number of methoxy groups -OCH3 is 1. The molecule has 0 atom stereocenters. The van der Waals surface area contributed by atoms with Gasteiger partial charge in [0.2, 0.25) is 5.52 Å². The van der Waals surface area contributed by atoms with Crippen LogP contribution in [0, 0.1) is 0 Å². The minimum Gasteiger partial charge on any atom is -1.00 e. The Morgan fingerprint density at radius 2 is 1.83 bits per heavy atom. The number of aromatic nitrogens is 1. The molecule has 3 rings (SSSR count). The Morgan fingerprint density at radius 3 is 2.54 bits per heavy atom. The Bertz CT molecular complexity index is 886. The van der Waals surface area contributed by atoms with Crippen molar-refractivity contribution in [2.75, 3.05) is 7.11 Å². The molecule has 0 fully saturated rings. The van der Waals surface area contributed by atoms with E-state index in [1.807, 2.05) is 31.5 Å². The average Bonchev–Trinajstić information content (AvgIpc) is 2.60. The van der Waals surface area contributed by atoms with E-state index < -0.39 is 0 Å². The molecule has 0 aliphatic carbocycles. The van der Waals surface area contributed by atoms with Crippen LogP contribution in [-0.4, -0.2) is 12.9 Å². The first kappa shape index (κ1) is 18.1. The zero-order valence-electron chi connectivity index (χ0n) is 13.6. The fraction of sp³-hybridized carbons (Fsp3) is 0.100. The summed E-state index contributed by atoms with van der Waals surface area (Å²) in [6, 6.07) is 17.3. The zero-order valence-corrected chi connectivity index (χ0v) is 15.7. The van der Waals surface area contributed by atoms with Gasteiger partial charge in [0, 0.05) is 23.1 Å². The van der Waals surface area contributed by atoms with Crippen molar-refractivity contribution in [1.82, 2.24) is 0 Å². The summed E-state index contributed by atoms with van der Waals surface area (Å²) < 4.78 is 7.17. The van der Waals surface area contributed by atoms with Crippen molar-refractivity contribution in [2.45, 2.75) is 0 Å². The lowest BCUT2D eigenvalue weighted by atomic mass is 10.1. The Labute approximate surface area is 158 Å². The van der Waals surface area contributed by atoms with Crippen molar-refractivity contribution in [2.24, 2.45) is 7.05 Å². The van der Waals surface area contributed by atoms with Crippen molar-refractivity contribution in [3.05, 3.63) is 78.0 Å². The quantitative estimate of drug-likeness (QED) is 0.262. The van der Waals surface area contributed by atoms with E-state index in [4.69, 9.17) is 4.74 Å². The van der Waals surface area contributed by atoms with Gasteiger partial charge in [-0.15, -0.1) is 0 Å². The van der Waals surface area contributed by atoms with Gasteiger partial charge in [0.25, 0.3) is 0 Å². The lowest BCUT2D eigenvalue weighted by Gasteiger charge is -2.00. The van der Waals surface area contributed by atoms with E-state index in [0.29, 0.717) is 5.56 Å². The van der Waals surface area contributed by atoms with Crippen LogP contribution in [0.4, 0.5) is 0 Å². The van der Waals surface area contributed by atoms with Crippen molar-refractivity contribution in [3.8, 4) is 5.75 Å². The number of hydrogen-bond acceptors (Lipinski definition) is 2. The third-order valence-electron chi connectivity index (χ3n) is 3.82. The van der Waals surface area contributed by atoms with E-state index in [0.717, 1.165) is 22.2 Å². The highest BCUT2D eigenvalue weighted by Gasteiger charge is 2.05. The molecular formula is C20H18INO2. The lowest BCUT2D eigenvalue weighted by Crippen LogP contribution is -3.00. The standard InChI is InChI=1S/C20H18NO2.HI/c1-21-13-3-4-17-14-15(5-11-19(17)21)6-12-20(22)16-7-9-18(23-2)10-8-16;/h3-14H,1-2H3;1H/q+1;/p-1/b12-6+;. The molecule has 0 bridgehead atoms. The van der Waals surface area contributed by atoms with Crippen LogP contribution in [0.3, 0.4) is 0 Å². The summed E-state index contributed by atoms with van der Waals surface area (Å²) in [4.78, 5) is 12.2. The molecule has 122 valence electrons. The molecule has 2 aromatic carbocycles. The number of rotatable bonds is 4. The zero-order chi connectivity index (χ0) is 16.2. The number of ether oxygens (including phenoxy) is 1. The van der Waals surface area contributed by atoms with Gasteiger partial charge < -0.3 is 28.7 Å². The first-order valence-corrected chi connectivity index (χ1v) is 7.42. The van der Waals surface area contributed by atoms with Crippen molar-refractivity contribution in [3.63, 3.8) is 0 Å². The molecule has 24 heavy (non-hydrogen) atoms. The average molecular weight is 431 g/mol. The first-order valence-electron chi connectivity index (χ1n) is 7.42. The van der Waals surface area contributed by atoms with Crippen LogP contribution in [0.5, 0.6) is 5.75 Å². The van der Waals surface area contributed by atoms with Gasteiger partial charge in [-0.2, -0.15) is 0 Å². The van der Waals surface area contributed by atoms with Crippen LogP contribution in [0.1, 0.15) is 15.9 Å². The third-order valence-corrected chi connectivity index (χ3v) is 3.82. The van der Waals surface area contributed by atoms with Crippen LogP contribution < -0.4 is 33.3 Å². The van der Waals surface area contributed by atoms with Crippen molar-refractivity contribution in [1.29, 1.82) is 0 Å². The Morgan fingerprint density at radius 1 is 1.08 bits per heavy atom.